The first-order valence-corrected chi connectivity index (χ1v) is 6.37. The van der Waals surface area contributed by atoms with E-state index in [1.54, 1.807) is 12.1 Å². The predicted octanol–water partition coefficient (Wildman–Crippen LogP) is 3.95. The second-order valence-corrected chi connectivity index (χ2v) is 6.27. The number of benzene rings is 1. The Labute approximate surface area is 110 Å². The summed E-state index contributed by atoms with van der Waals surface area (Å²) in [4.78, 5) is 0. The Bertz CT molecular complexity index is 406. The molecule has 1 N–H and O–H groups in total. The summed E-state index contributed by atoms with van der Waals surface area (Å²) in [5.41, 5.74) is 1.01. The van der Waals surface area contributed by atoms with E-state index in [9.17, 15) is 4.39 Å². The third kappa shape index (κ3) is 5.01. The molecule has 0 heterocycles. The standard InChI is InChI=1S/C16H24FN/c1-6-16(5,12-18-15(2,3)4)11-13-8-7-9-14(17)10-13/h6-10,18H,1,11-12H2,2-5H3. The van der Waals surface area contributed by atoms with Gasteiger partial charge in [0.05, 0.1) is 0 Å². The van der Waals surface area contributed by atoms with Crippen LogP contribution in [-0.4, -0.2) is 12.1 Å². The SMILES string of the molecule is C=CC(C)(CNC(C)(C)C)Cc1cccc(F)c1. The van der Waals surface area contributed by atoms with E-state index in [-0.39, 0.29) is 16.8 Å². The van der Waals surface area contributed by atoms with Crippen LogP contribution in [0.5, 0.6) is 0 Å². The van der Waals surface area contributed by atoms with Crippen LogP contribution in [0, 0.1) is 11.2 Å². The fourth-order valence-corrected chi connectivity index (χ4v) is 1.79. The lowest BCUT2D eigenvalue weighted by atomic mass is 9.83. The number of halogens is 1. The van der Waals surface area contributed by atoms with Gasteiger partial charge < -0.3 is 5.32 Å². The molecule has 0 spiro atoms. The molecule has 0 aromatic heterocycles. The van der Waals surface area contributed by atoms with E-state index in [4.69, 9.17) is 0 Å². The number of hydrogen-bond donors (Lipinski definition) is 1. The molecule has 1 atom stereocenters. The van der Waals surface area contributed by atoms with Gasteiger partial charge in [0, 0.05) is 17.5 Å². The van der Waals surface area contributed by atoms with Crippen molar-refractivity contribution in [3.8, 4) is 0 Å². The molecule has 0 bridgehead atoms. The van der Waals surface area contributed by atoms with Crippen molar-refractivity contribution in [2.45, 2.75) is 39.7 Å². The second kappa shape index (κ2) is 5.66. The van der Waals surface area contributed by atoms with Crippen LogP contribution in [0.4, 0.5) is 4.39 Å². The highest BCUT2D eigenvalue weighted by Crippen LogP contribution is 2.24. The lowest BCUT2D eigenvalue weighted by Crippen LogP contribution is -2.43. The summed E-state index contributed by atoms with van der Waals surface area (Å²) in [6, 6.07) is 6.79. The molecule has 0 saturated heterocycles. The summed E-state index contributed by atoms with van der Waals surface area (Å²) < 4.78 is 13.2. The maximum absolute atomic E-state index is 13.2. The van der Waals surface area contributed by atoms with Crippen LogP contribution < -0.4 is 5.32 Å². The van der Waals surface area contributed by atoms with Gasteiger partial charge in [-0.15, -0.1) is 6.58 Å². The molecule has 2 heteroatoms. The van der Waals surface area contributed by atoms with Crippen LogP contribution >= 0.6 is 0 Å². The summed E-state index contributed by atoms with van der Waals surface area (Å²) >= 11 is 0. The zero-order valence-corrected chi connectivity index (χ0v) is 11.9. The Balaban J connectivity index is 2.73. The normalized spacial score (nSPS) is 15.2. The van der Waals surface area contributed by atoms with E-state index in [1.807, 2.05) is 12.1 Å². The Hall–Kier alpha value is -1.15. The average Bonchev–Trinajstić information content (AvgIpc) is 2.26. The van der Waals surface area contributed by atoms with Gasteiger partial charge in [-0.1, -0.05) is 25.1 Å². The molecule has 18 heavy (non-hydrogen) atoms. The zero-order chi connectivity index (χ0) is 13.8. The second-order valence-electron chi connectivity index (χ2n) is 6.27. The molecule has 0 aliphatic heterocycles. The quantitative estimate of drug-likeness (QED) is 0.779. The maximum atomic E-state index is 13.2. The van der Waals surface area contributed by atoms with Crippen molar-refractivity contribution in [1.82, 2.24) is 5.32 Å². The highest BCUT2D eigenvalue weighted by Gasteiger charge is 2.23. The van der Waals surface area contributed by atoms with E-state index < -0.39 is 0 Å². The van der Waals surface area contributed by atoms with E-state index in [2.05, 4.69) is 39.6 Å². The molecule has 1 rings (SSSR count). The predicted molar refractivity (Wildman–Crippen MR) is 76.2 cm³/mol. The Morgan fingerprint density at radius 3 is 2.44 bits per heavy atom. The van der Waals surface area contributed by atoms with Crippen molar-refractivity contribution in [2.75, 3.05) is 6.54 Å². The smallest absolute Gasteiger partial charge is 0.123 e. The summed E-state index contributed by atoms with van der Waals surface area (Å²) in [5, 5.41) is 3.48. The molecule has 0 saturated carbocycles. The van der Waals surface area contributed by atoms with E-state index in [0.29, 0.717) is 0 Å². The van der Waals surface area contributed by atoms with Crippen LogP contribution in [0.25, 0.3) is 0 Å². The first-order valence-electron chi connectivity index (χ1n) is 6.37. The zero-order valence-electron chi connectivity index (χ0n) is 11.9. The van der Waals surface area contributed by atoms with Crippen LogP contribution in [0.1, 0.15) is 33.3 Å². The van der Waals surface area contributed by atoms with Gasteiger partial charge >= 0.3 is 0 Å². The third-order valence-corrected chi connectivity index (χ3v) is 3.01. The molecule has 1 nitrogen and oxygen atoms in total. The van der Waals surface area contributed by atoms with Crippen molar-refractivity contribution in [3.63, 3.8) is 0 Å². The van der Waals surface area contributed by atoms with Crippen molar-refractivity contribution in [1.29, 1.82) is 0 Å². The summed E-state index contributed by atoms with van der Waals surface area (Å²) in [5.74, 6) is -0.178. The first-order chi connectivity index (χ1) is 8.24. The Morgan fingerprint density at radius 1 is 1.28 bits per heavy atom. The minimum absolute atomic E-state index is 0.0684. The highest BCUT2D eigenvalue weighted by molar-refractivity contribution is 5.19. The lowest BCUT2D eigenvalue weighted by molar-refractivity contribution is 0.322. The molecule has 0 aliphatic rings. The summed E-state index contributed by atoms with van der Waals surface area (Å²) in [7, 11) is 0. The molecule has 1 aromatic rings. The molecule has 1 unspecified atom stereocenters. The molecular formula is C16H24FN. The molecule has 1 aromatic carbocycles. The molecule has 0 fully saturated rings. The minimum Gasteiger partial charge on any atom is -0.311 e. The van der Waals surface area contributed by atoms with Crippen molar-refractivity contribution < 1.29 is 4.39 Å². The van der Waals surface area contributed by atoms with Gasteiger partial charge in [0.15, 0.2) is 0 Å². The molecular weight excluding hydrogens is 225 g/mol. The number of hydrogen-bond acceptors (Lipinski definition) is 1. The average molecular weight is 249 g/mol. The molecule has 100 valence electrons. The monoisotopic (exact) mass is 249 g/mol. The van der Waals surface area contributed by atoms with Crippen LogP contribution in [0.2, 0.25) is 0 Å². The number of nitrogens with one attached hydrogen (secondary N) is 1. The first kappa shape index (κ1) is 14.9. The highest BCUT2D eigenvalue weighted by atomic mass is 19.1. The Kier molecular flexibility index (Phi) is 4.69. The fraction of sp³-hybridized carbons (Fsp3) is 0.500. The van der Waals surface area contributed by atoms with Gasteiger partial charge in [-0.3, -0.25) is 0 Å². The van der Waals surface area contributed by atoms with Crippen molar-refractivity contribution in [3.05, 3.63) is 48.3 Å². The van der Waals surface area contributed by atoms with Gasteiger partial charge in [-0.25, -0.2) is 4.39 Å². The summed E-state index contributed by atoms with van der Waals surface area (Å²) in [6.45, 7) is 13.3. The third-order valence-electron chi connectivity index (χ3n) is 3.01. The molecule has 0 aliphatic carbocycles. The largest absolute Gasteiger partial charge is 0.311 e. The van der Waals surface area contributed by atoms with Gasteiger partial charge in [0.2, 0.25) is 0 Å². The van der Waals surface area contributed by atoms with Gasteiger partial charge in [-0.05, 0) is 44.9 Å². The molecule has 0 amide bonds. The maximum Gasteiger partial charge on any atom is 0.123 e. The number of rotatable bonds is 5. The minimum atomic E-state index is -0.178. The van der Waals surface area contributed by atoms with Gasteiger partial charge in [0.1, 0.15) is 5.82 Å². The van der Waals surface area contributed by atoms with Gasteiger partial charge in [-0.2, -0.15) is 0 Å². The van der Waals surface area contributed by atoms with Crippen molar-refractivity contribution in [2.24, 2.45) is 5.41 Å². The fourth-order valence-electron chi connectivity index (χ4n) is 1.79. The van der Waals surface area contributed by atoms with Crippen LogP contribution in [0.15, 0.2) is 36.9 Å². The van der Waals surface area contributed by atoms with Crippen LogP contribution in [-0.2, 0) is 6.42 Å². The van der Waals surface area contributed by atoms with E-state index in [1.165, 1.54) is 6.07 Å². The molecule has 0 radical (unpaired) electrons. The van der Waals surface area contributed by atoms with Crippen molar-refractivity contribution >= 4 is 0 Å². The lowest BCUT2D eigenvalue weighted by Gasteiger charge is -2.31. The van der Waals surface area contributed by atoms with Crippen LogP contribution in [0.3, 0.4) is 0 Å². The Morgan fingerprint density at radius 2 is 1.94 bits per heavy atom. The van der Waals surface area contributed by atoms with Gasteiger partial charge in [0.25, 0.3) is 0 Å². The topological polar surface area (TPSA) is 12.0 Å². The van der Waals surface area contributed by atoms with E-state index in [0.717, 1.165) is 18.5 Å². The van der Waals surface area contributed by atoms with E-state index >= 15 is 0 Å². The summed E-state index contributed by atoms with van der Waals surface area (Å²) in [6.07, 6.45) is 2.74.